The first-order valence-electron chi connectivity index (χ1n) is 16.3. The molecule has 0 aliphatic heterocycles. The van der Waals surface area contributed by atoms with E-state index in [2.05, 4.69) is 42.7 Å². The van der Waals surface area contributed by atoms with Crippen molar-refractivity contribution in [3.05, 3.63) is 23.3 Å². The van der Waals surface area contributed by atoms with Crippen molar-refractivity contribution >= 4 is 11.6 Å². The van der Waals surface area contributed by atoms with Crippen LogP contribution in [-0.2, 0) is 0 Å². The Morgan fingerprint density at radius 1 is 0.872 bits per heavy atom. The van der Waals surface area contributed by atoms with Crippen molar-refractivity contribution in [2.45, 2.75) is 141 Å². The van der Waals surface area contributed by atoms with Crippen molar-refractivity contribution < 1.29 is 15.3 Å². The van der Waals surface area contributed by atoms with E-state index in [9.17, 15) is 15.3 Å². The topological polar surface area (TPSA) is 84.8 Å². The lowest BCUT2D eigenvalue weighted by Gasteiger charge is -2.42. The molecule has 0 spiro atoms. The molecule has 0 amide bonds. The molecule has 4 rings (SSSR count). The van der Waals surface area contributed by atoms with Gasteiger partial charge in [0.1, 0.15) is 12.5 Å². The Hall–Kier alpha value is -0.430. The molecule has 6 heteroatoms. The monoisotopic (exact) mass is 564 g/mol. The van der Waals surface area contributed by atoms with Crippen LogP contribution in [0.4, 0.5) is 0 Å². The number of rotatable bonds is 11. The molecule has 0 saturated heterocycles. The zero-order valence-electron chi connectivity index (χ0n) is 24.8. The predicted molar refractivity (Wildman–Crippen MR) is 161 cm³/mol. The summed E-state index contributed by atoms with van der Waals surface area (Å²) in [6.07, 6.45) is 21.2. The van der Waals surface area contributed by atoms with E-state index in [-0.39, 0.29) is 17.9 Å². The summed E-state index contributed by atoms with van der Waals surface area (Å²) in [7, 11) is 0. The third-order valence-electron chi connectivity index (χ3n) is 10.7. The molecule has 4 aliphatic rings. The maximum absolute atomic E-state index is 11.3. The van der Waals surface area contributed by atoms with Crippen LogP contribution in [0, 0.1) is 41.4 Å². The van der Waals surface area contributed by atoms with Gasteiger partial charge in [-0.25, -0.2) is 0 Å². The second kappa shape index (κ2) is 15.2. The summed E-state index contributed by atoms with van der Waals surface area (Å²) in [5, 5.41) is 40.2. The number of aliphatic hydroxyl groups excluding tert-OH is 3. The van der Waals surface area contributed by atoms with Crippen LogP contribution in [-0.4, -0.2) is 46.0 Å². The Kier molecular flexibility index (Phi) is 12.2. The number of hydrogen-bond donors (Lipinski definition) is 5. The lowest BCUT2D eigenvalue weighted by Crippen LogP contribution is -2.52. The molecular weight excluding hydrogens is 508 g/mol. The molecule has 0 heterocycles. The SMILES string of the molecule is CC(O)NC1CCCC(C2CCCC(C(O)N[C@H](C(C)C)C(O)CC3CCC(C4C=CC(Cl)=CC4)CC3)C2)C1. The van der Waals surface area contributed by atoms with Crippen molar-refractivity contribution in [2.24, 2.45) is 41.4 Å². The van der Waals surface area contributed by atoms with Gasteiger partial charge >= 0.3 is 0 Å². The van der Waals surface area contributed by atoms with Crippen molar-refractivity contribution in [1.82, 2.24) is 10.6 Å². The number of aliphatic hydroxyl groups is 3. The lowest BCUT2D eigenvalue weighted by atomic mass is 9.69. The molecule has 3 fully saturated rings. The van der Waals surface area contributed by atoms with Crippen LogP contribution < -0.4 is 10.6 Å². The molecule has 5 N–H and O–H groups in total. The maximum atomic E-state index is 11.3. The fraction of sp³-hybridized carbons (Fsp3) is 0.879. The number of hydrogen-bond acceptors (Lipinski definition) is 5. The summed E-state index contributed by atoms with van der Waals surface area (Å²) in [5.41, 5.74) is 0. The van der Waals surface area contributed by atoms with Gasteiger partial charge in [-0.3, -0.25) is 10.6 Å². The van der Waals surface area contributed by atoms with Gasteiger partial charge in [0.15, 0.2) is 0 Å². The highest BCUT2D eigenvalue weighted by Crippen LogP contribution is 2.42. The first kappa shape index (κ1) is 31.5. The third kappa shape index (κ3) is 9.28. The molecule has 39 heavy (non-hydrogen) atoms. The summed E-state index contributed by atoms with van der Waals surface area (Å²) >= 11 is 6.12. The minimum atomic E-state index is -0.557. The molecule has 0 aromatic rings. The Morgan fingerprint density at radius 2 is 1.56 bits per heavy atom. The van der Waals surface area contributed by atoms with Crippen LogP contribution in [0.25, 0.3) is 0 Å². The molecule has 5 nitrogen and oxygen atoms in total. The van der Waals surface area contributed by atoms with E-state index in [0.29, 0.717) is 29.7 Å². The van der Waals surface area contributed by atoms with E-state index in [1.165, 1.54) is 51.4 Å². The predicted octanol–water partition coefficient (Wildman–Crippen LogP) is 6.47. The van der Waals surface area contributed by atoms with Crippen molar-refractivity contribution in [3.8, 4) is 0 Å². The zero-order valence-corrected chi connectivity index (χ0v) is 25.5. The van der Waals surface area contributed by atoms with Crippen LogP contribution in [0.3, 0.4) is 0 Å². The first-order valence-corrected chi connectivity index (χ1v) is 16.7. The third-order valence-corrected chi connectivity index (χ3v) is 11.0. The number of nitrogens with one attached hydrogen (secondary N) is 2. The molecule has 4 aliphatic carbocycles. The maximum Gasteiger partial charge on any atom is 0.108 e. The highest BCUT2D eigenvalue weighted by atomic mass is 35.5. The molecule has 0 radical (unpaired) electrons. The summed E-state index contributed by atoms with van der Waals surface area (Å²) in [6, 6.07) is 0.332. The van der Waals surface area contributed by atoms with Gasteiger partial charge in [-0.2, -0.15) is 0 Å². The number of allylic oxidation sites excluding steroid dienone is 4. The van der Waals surface area contributed by atoms with Gasteiger partial charge in [-0.05, 0) is 106 Å². The van der Waals surface area contributed by atoms with E-state index in [1.54, 1.807) is 0 Å². The zero-order chi connectivity index (χ0) is 27.9. The van der Waals surface area contributed by atoms with E-state index >= 15 is 0 Å². The van der Waals surface area contributed by atoms with Crippen LogP contribution in [0.2, 0.25) is 0 Å². The average molecular weight is 565 g/mol. The average Bonchev–Trinajstić information content (AvgIpc) is 2.92. The van der Waals surface area contributed by atoms with Gasteiger partial charge in [0.05, 0.1) is 6.10 Å². The summed E-state index contributed by atoms with van der Waals surface area (Å²) < 4.78 is 0. The number of halogens is 1. The van der Waals surface area contributed by atoms with Gasteiger partial charge in [0.2, 0.25) is 0 Å². The van der Waals surface area contributed by atoms with Gasteiger partial charge in [-0.1, -0.05) is 76.1 Å². The van der Waals surface area contributed by atoms with Crippen LogP contribution >= 0.6 is 11.6 Å². The first-order chi connectivity index (χ1) is 18.7. The smallest absolute Gasteiger partial charge is 0.108 e. The molecule has 0 aromatic carbocycles. The molecule has 9 atom stereocenters. The molecule has 224 valence electrons. The second-order valence-electron chi connectivity index (χ2n) is 14.0. The summed E-state index contributed by atoms with van der Waals surface area (Å²) in [4.78, 5) is 0. The normalized spacial score (nSPS) is 37.2. The minimum absolute atomic E-state index is 0.0824. The van der Waals surface area contributed by atoms with Crippen molar-refractivity contribution in [3.63, 3.8) is 0 Å². The van der Waals surface area contributed by atoms with E-state index in [1.807, 2.05) is 6.92 Å². The van der Waals surface area contributed by atoms with Gasteiger partial charge < -0.3 is 15.3 Å². The largest absolute Gasteiger partial charge is 0.391 e. The van der Waals surface area contributed by atoms with Crippen LogP contribution in [0.15, 0.2) is 23.3 Å². The Labute approximate surface area is 243 Å². The van der Waals surface area contributed by atoms with E-state index in [0.717, 1.165) is 49.5 Å². The lowest BCUT2D eigenvalue weighted by molar-refractivity contribution is -0.0139. The fourth-order valence-corrected chi connectivity index (χ4v) is 8.67. The quantitative estimate of drug-likeness (QED) is 0.186. The van der Waals surface area contributed by atoms with Crippen molar-refractivity contribution in [2.75, 3.05) is 0 Å². The van der Waals surface area contributed by atoms with Gasteiger partial charge in [0, 0.05) is 17.1 Å². The Morgan fingerprint density at radius 3 is 2.21 bits per heavy atom. The highest BCUT2D eigenvalue weighted by molar-refractivity contribution is 6.31. The second-order valence-corrected chi connectivity index (χ2v) is 14.4. The van der Waals surface area contributed by atoms with Gasteiger partial charge in [-0.15, -0.1) is 0 Å². The molecular formula is C33H57ClN2O3. The minimum Gasteiger partial charge on any atom is -0.391 e. The summed E-state index contributed by atoms with van der Waals surface area (Å²) in [6.45, 7) is 6.15. The van der Waals surface area contributed by atoms with Crippen molar-refractivity contribution in [1.29, 1.82) is 0 Å². The van der Waals surface area contributed by atoms with Gasteiger partial charge in [0.25, 0.3) is 0 Å². The standard InChI is InChI=1S/C33H57ClN2O3/c1-21(2)32(31(38)18-23-10-12-24(13-11-23)25-14-16-29(34)17-15-25)36-33(39)28-8-4-6-26(19-28)27-7-5-9-30(20-27)35-22(3)37/h14,16-17,21-28,30-33,35-39H,4-13,15,18-20H2,1-3H3/t22?,23?,24?,25?,26?,27?,28?,30?,31?,32-,33?/m1/s1. The van der Waals surface area contributed by atoms with E-state index in [4.69, 9.17) is 11.6 Å². The molecule has 0 bridgehead atoms. The molecule has 0 aromatic heterocycles. The molecule has 8 unspecified atom stereocenters. The van der Waals surface area contributed by atoms with Crippen LogP contribution in [0.1, 0.15) is 111 Å². The van der Waals surface area contributed by atoms with Crippen LogP contribution in [0.5, 0.6) is 0 Å². The Balaban J connectivity index is 1.24. The highest BCUT2D eigenvalue weighted by Gasteiger charge is 2.37. The Bertz CT molecular complexity index is 794. The van der Waals surface area contributed by atoms with E-state index < -0.39 is 18.6 Å². The molecule has 3 saturated carbocycles. The summed E-state index contributed by atoms with van der Waals surface area (Å²) in [5.74, 6) is 3.77. The fourth-order valence-electron chi connectivity index (χ4n) is 8.51.